The first-order valence-corrected chi connectivity index (χ1v) is 8.40. The van der Waals surface area contributed by atoms with Gasteiger partial charge in [0.05, 0.1) is 10.7 Å². The first-order valence-electron chi connectivity index (χ1n) is 7.52. The maximum Gasteiger partial charge on any atom is 0.187 e. The average Bonchev–Trinajstić information content (AvgIpc) is 3.26. The number of thiazole rings is 1. The van der Waals surface area contributed by atoms with Crippen LogP contribution in [0.15, 0.2) is 66.0 Å². The van der Waals surface area contributed by atoms with Crippen LogP contribution in [0, 0.1) is 13.8 Å². The molecule has 4 aromatic rings. The van der Waals surface area contributed by atoms with Gasteiger partial charge >= 0.3 is 0 Å². The minimum absolute atomic E-state index is 0. The molecular weight excluding hydrogens is 398 g/mol. The maximum absolute atomic E-state index is 4.13. The smallest absolute Gasteiger partial charge is 0.187 e. The predicted octanol–water partition coefficient (Wildman–Crippen LogP) is 4.67. The van der Waals surface area contributed by atoms with E-state index in [9.17, 15) is 0 Å². The van der Waals surface area contributed by atoms with E-state index in [0.29, 0.717) is 0 Å². The van der Waals surface area contributed by atoms with E-state index in [1.807, 2.05) is 74.5 Å². The van der Waals surface area contributed by atoms with Crippen LogP contribution >= 0.6 is 28.3 Å². The van der Waals surface area contributed by atoms with E-state index in [0.717, 1.165) is 27.8 Å². The van der Waals surface area contributed by atoms with Crippen molar-refractivity contribution in [1.29, 1.82) is 0 Å². The fourth-order valence-corrected chi connectivity index (χ4v) is 2.76. The number of hydrogen-bond acceptors (Lipinski definition) is 5. The van der Waals surface area contributed by atoms with Crippen molar-refractivity contribution in [3.05, 3.63) is 76.7 Å². The van der Waals surface area contributed by atoms with Crippen molar-refractivity contribution in [3.8, 4) is 17.1 Å². The van der Waals surface area contributed by atoms with Gasteiger partial charge in [-0.1, -0.05) is 48.5 Å². The van der Waals surface area contributed by atoms with Gasteiger partial charge in [0.2, 0.25) is 0 Å². The van der Waals surface area contributed by atoms with E-state index in [1.165, 1.54) is 0 Å². The second kappa shape index (κ2) is 9.19. The van der Waals surface area contributed by atoms with Crippen LogP contribution in [0.3, 0.4) is 0 Å². The first-order chi connectivity index (χ1) is 11.7. The van der Waals surface area contributed by atoms with Crippen LogP contribution in [0.1, 0.15) is 10.7 Å². The molecule has 0 atom stereocenters. The Balaban J connectivity index is 0.000000240. The quantitative estimate of drug-likeness (QED) is 0.477. The second-order valence-electron chi connectivity index (χ2n) is 5.12. The lowest BCUT2D eigenvalue weighted by atomic mass is 10.2. The van der Waals surface area contributed by atoms with Gasteiger partial charge in [0, 0.05) is 16.6 Å². The molecule has 128 valence electrons. The third-order valence-electron chi connectivity index (χ3n) is 3.24. The summed E-state index contributed by atoms with van der Waals surface area (Å²) in [5.41, 5.74) is 3.08. The number of aromatic nitrogens is 5. The topological polar surface area (TPSA) is 56.5 Å². The van der Waals surface area contributed by atoms with Crippen molar-refractivity contribution in [1.82, 2.24) is 25.2 Å². The number of halogens is 1. The van der Waals surface area contributed by atoms with Crippen LogP contribution in [-0.4, -0.2) is 25.2 Å². The lowest BCUT2D eigenvalue weighted by molar-refractivity contribution is 0.791. The Morgan fingerprint density at radius 1 is 0.880 bits per heavy atom. The van der Waals surface area contributed by atoms with E-state index in [2.05, 4.69) is 25.9 Å². The second-order valence-corrected chi connectivity index (χ2v) is 6.19. The number of hydrogen-bond donors (Lipinski definition) is 0. The molecular formula is C18H18BrN5S. The summed E-state index contributed by atoms with van der Waals surface area (Å²) in [6, 6.07) is 19.7. The molecule has 0 amide bonds. The van der Waals surface area contributed by atoms with Gasteiger partial charge in [0.25, 0.3) is 0 Å². The Morgan fingerprint density at radius 2 is 1.52 bits per heavy atom. The average molecular weight is 416 g/mol. The van der Waals surface area contributed by atoms with Crippen molar-refractivity contribution in [2.45, 2.75) is 13.8 Å². The number of nitrogens with zero attached hydrogens (tertiary/aromatic N) is 5. The molecule has 0 unspecified atom stereocenters. The van der Waals surface area contributed by atoms with Gasteiger partial charge in [-0.2, -0.15) is 4.68 Å². The van der Waals surface area contributed by atoms with Crippen LogP contribution in [0.2, 0.25) is 0 Å². The first kappa shape index (κ1) is 19.0. The molecule has 0 aliphatic heterocycles. The highest BCUT2D eigenvalue weighted by atomic mass is 79.9. The lowest BCUT2D eigenvalue weighted by Crippen LogP contribution is -1.99. The van der Waals surface area contributed by atoms with E-state index in [1.54, 1.807) is 16.0 Å². The molecule has 5 nitrogen and oxygen atoms in total. The molecule has 4 rings (SSSR count). The molecule has 0 fully saturated rings. The summed E-state index contributed by atoms with van der Waals surface area (Å²) >= 11 is 1.69. The van der Waals surface area contributed by atoms with Gasteiger partial charge in [-0.3, -0.25) is 0 Å². The van der Waals surface area contributed by atoms with Crippen LogP contribution < -0.4 is 0 Å². The Bertz CT molecular complexity index is 820. The number of para-hydroxylation sites is 1. The Labute approximate surface area is 161 Å². The highest BCUT2D eigenvalue weighted by molar-refractivity contribution is 8.93. The number of benzene rings is 2. The van der Waals surface area contributed by atoms with Gasteiger partial charge in [-0.05, 0) is 36.4 Å². The molecule has 0 saturated heterocycles. The molecule has 7 heteroatoms. The SMILES string of the molecule is Br.Cc1csc(C)n1.c1ccc(-c2nnnn2-c2ccccc2)cc1. The molecule has 2 heterocycles. The minimum atomic E-state index is 0. The van der Waals surface area contributed by atoms with Crippen LogP contribution in [0.5, 0.6) is 0 Å². The van der Waals surface area contributed by atoms with Crippen LogP contribution in [0.4, 0.5) is 0 Å². The fraction of sp³-hybridized carbons (Fsp3) is 0.111. The molecule has 0 bridgehead atoms. The molecule has 2 aromatic heterocycles. The molecule has 0 aliphatic carbocycles. The monoisotopic (exact) mass is 415 g/mol. The molecule has 0 saturated carbocycles. The van der Waals surface area contributed by atoms with Crippen molar-refractivity contribution in [3.63, 3.8) is 0 Å². The lowest BCUT2D eigenvalue weighted by Gasteiger charge is -2.03. The number of rotatable bonds is 2. The normalized spacial score (nSPS) is 9.68. The Morgan fingerprint density at radius 3 is 2.04 bits per heavy atom. The fourth-order valence-electron chi connectivity index (χ4n) is 2.17. The van der Waals surface area contributed by atoms with Gasteiger partial charge in [-0.25, -0.2) is 4.98 Å². The summed E-state index contributed by atoms with van der Waals surface area (Å²) in [6.07, 6.45) is 0. The van der Waals surface area contributed by atoms with Crippen molar-refractivity contribution in [2.75, 3.05) is 0 Å². The molecule has 0 spiro atoms. The summed E-state index contributed by atoms with van der Waals surface area (Å²) < 4.78 is 1.73. The van der Waals surface area contributed by atoms with Crippen LogP contribution in [0.25, 0.3) is 17.1 Å². The number of aryl methyl sites for hydroxylation is 2. The largest absolute Gasteiger partial charge is 0.247 e. The third-order valence-corrected chi connectivity index (χ3v) is 4.13. The predicted molar refractivity (Wildman–Crippen MR) is 106 cm³/mol. The van der Waals surface area contributed by atoms with Gasteiger partial charge in [0.1, 0.15) is 0 Å². The summed E-state index contributed by atoms with van der Waals surface area (Å²) in [5, 5.41) is 15.0. The van der Waals surface area contributed by atoms with E-state index < -0.39 is 0 Å². The molecule has 0 radical (unpaired) electrons. The van der Waals surface area contributed by atoms with Gasteiger partial charge in [0.15, 0.2) is 5.82 Å². The molecule has 0 N–H and O–H groups in total. The van der Waals surface area contributed by atoms with Crippen molar-refractivity contribution < 1.29 is 0 Å². The molecule has 25 heavy (non-hydrogen) atoms. The van der Waals surface area contributed by atoms with Crippen molar-refractivity contribution >= 4 is 28.3 Å². The summed E-state index contributed by atoms with van der Waals surface area (Å²) in [5.74, 6) is 0.747. The zero-order chi connectivity index (χ0) is 16.8. The summed E-state index contributed by atoms with van der Waals surface area (Å²) in [7, 11) is 0. The highest BCUT2D eigenvalue weighted by Gasteiger charge is 2.09. The maximum atomic E-state index is 4.13. The van der Waals surface area contributed by atoms with E-state index in [4.69, 9.17) is 0 Å². The standard InChI is InChI=1S/C13H10N4.C5H7NS.BrH/c1-3-7-11(8-4-1)13-14-15-16-17(13)12-9-5-2-6-10-12;1-4-3-7-5(2)6-4;/h1-10H;3H,1-2H3;1H. The molecule has 0 aliphatic rings. The van der Waals surface area contributed by atoms with Gasteiger partial charge < -0.3 is 0 Å². The number of tetrazole rings is 1. The van der Waals surface area contributed by atoms with E-state index >= 15 is 0 Å². The van der Waals surface area contributed by atoms with Crippen molar-refractivity contribution in [2.24, 2.45) is 0 Å². The molecule has 2 aromatic carbocycles. The Kier molecular flexibility index (Phi) is 6.97. The summed E-state index contributed by atoms with van der Waals surface area (Å²) in [4.78, 5) is 4.13. The highest BCUT2D eigenvalue weighted by Crippen LogP contribution is 2.18. The zero-order valence-corrected chi connectivity index (χ0v) is 16.4. The minimum Gasteiger partial charge on any atom is -0.247 e. The summed E-state index contributed by atoms with van der Waals surface area (Å²) in [6.45, 7) is 4.02. The van der Waals surface area contributed by atoms with Gasteiger partial charge in [-0.15, -0.1) is 33.4 Å². The third kappa shape index (κ3) is 5.04. The van der Waals surface area contributed by atoms with Crippen LogP contribution in [-0.2, 0) is 0 Å². The Hall–Kier alpha value is -2.38. The van der Waals surface area contributed by atoms with E-state index in [-0.39, 0.29) is 17.0 Å². The zero-order valence-electron chi connectivity index (χ0n) is 13.9.